The van der Waals surface area contributed by atoms with Gasteiger partial charge in [-0.3, -0.25) is 8.78 Å². The molecular weight excluding hydrogens is 291 g/mol. The van der Waals surface area contributed by atoms with Crippen molar-refractivity contribution in [3.8, 4) is 17.6 Å². The van der Waals surface area contributed by atoms with Crippen LogP contribution in [0.25, 0.3) is 0 Å². The fourth-order valence-electron chi connectivity index (χ4n) is 2.90. The van der Waals surface area contributed by atoms with Crippen molar-refractivity contribution in [3.63, 3.8) is 0 Å². The first-order valence-electron chi connectivity index (χ1n) is 7.39. The summed E-state index contributed by atoms with van der Waals surface area (Å²) in [5.74, 6) is 6.36. The van der Waals surface area contributed by atoms with Crippen LogP contribution in [0.4, 0.5) is 18.9 Å². The van der Waals surface area contributed by atoms with Crippen LogP contribution in [0.15, 0.2) is 24.3 Å². The van der Waals surface area contributed by atoms with Crippen LogP contribution in [0.1, 0.15) is 12.8 Å². The van der Waals surface area contributed by atoms with Gasteiger partial charge in [0, 0.05) is 18.4 Å². The van der Waals surface area contributed by atoms with Gasteiger partial charge < -0.3 is 10.1 Å². The molecular formula is C17H18F3NO. The Morgan fingerprint density at radius 1 is 1.18 bits per heavy atom. The summed E-state index contributed by atoms with van der Waals surface area (Å²) in [5, 5.41) is 3.23. The van der Waals surface area contributed by atoms with Gasteiger partial charge >= 0.3 is 0 Å². The number of hydrogen-bond donors (Lipinski definition) is 1. The lowest BCUT2D eigenvalue weighted by molar-refractivity contribution is 0.209. The van der Waals surface area contributed by atoms with E-state index in [1.54, 1.807) is 0 Å². The lowest BCUT2D eigenvalue weighted by Gasteiger charge is -2.14. The van der Waals surface area contributed by atoms with Gasteiger partial charge in [0.15, 0.2) is 6.10 Å². The van der Waals surface area contributed by atoms with E-state index in [1.165, 1.54) is 0 Å². The molecule has 2 aliphatic rings. The predicted octanol–water partition coefficient (Wildman–Crippen LogP) is 3.54. The highest BCUT2D eigenvalue weighted by atomic mass is 19.1. The molecule has 2 nitrogen and oxygen atoms in total. The van der Waals surface area contributed by atoms with Crippen LogP contribution in [0, 0.1) is 22.7 Å². The number of hydrogen-bond acceptors (Lipinski definition) is 2. The molecule has 0 bridgehead atoms. The van der Waals surface area contributed by atoms with E-state index in [0.29, 0.717) is 18.7 Å². The molecule has 118 valence electrons. The van der Waals surface area contributed by atoms with Crippen LogP contribution < -0.4 is 10.1 Å². The van der Waals surface area contributed by atoms with Crippen LogP contribution in [-0.4, -0.2) is 32.7 Å². The van der Waals surface area contributed by atoms with Gasteiger partial charge in [0.2, 0.25) is 0 Å². The molecule has 1 aromatic carbocycles. The van der Waals surface area contributed by atoms with E-state index in [4.69, 9.17) is 4.74 Å². The van der Waals surface area contributed by atoms with Crippen molar-refractivity contribution in [1.29, 1.82) is 0 Å². The number of anilines is 1. The third-order valence-electron chi connectivity index (χ3n) is 4.62. The Balaban J connectivity index is 1.77. The van der Waals surface area contributed by atoms with Crippen molar-refractivity contribution in [2.75, 3.05) is 31.9 Å². The quantitative estimate of drug-likeness (QED) is 0.862. The summed E-state index contributed by atoms with van der Waals surface area (Å²) in [6.07, 6.45) is 0.359. The summed E-state index contributed by atoms with van der Waals surface area (Å²) in [6.45, 7) is -1.90. The molecule has 1 aliphatic heterocycles. The molecule has 0 radical (unpaired) electrons. The van der Waals surface area contributed by atoms with Gasteiger partial charge in [-0.1, -0.05) is 24.0 Å². The van der Waals surface area contributed by atoms with Crippen LogP contribution in [0.5, 0.6) is 5.75 Å². The van der Waals surface area contributed by atoms with Gasteiger partial charge in [0.25, 0.3) is 0 Å². The first kappa shape index (κ1) is 15.1. The Kier molecular flexibility index (Phi) is 3.94. The second-order valence-corrected chi connectivity index (χ2v) is 6.03. The van der Waals surface area contributed by atoms with E-state index in [0.717, 1.165) is 5.69 Å². The Labute approximate surface area is 128 Å². The predicted molar refractivity (Wildman–Crippen MR) is 79.1 cm³/mol. The average molecular weight is 309 g/mol. The van der Waals surface area contributed by atoms with Crippen LogP contribution in [0.3, 0.4) is 0 Å². The lowest BCUT2D eigenvalue weighted by Crippen LogP contribution is -2.21. The highest BCUT2D eigenvalue weighted by Crippen LogP contribution is 2.64. The Morgan fingerprint density at radius 2 is 1.95 bits per heavy atom. The van der Waals surface area contributed by atoms with Gasteiger partial charge in [-0.2, -0.15) is 0 Å². The van der Waals surface area contributed by atoms with Crippen molar-refractivity contribution >= 4 is 5.69 Å². The third-order valence-corrected chi connectivity index (χ3v) is 4.62. The highest BCUT2D eigenvalue weighted by Gasteiger charge is 2.67. The summed E-state index contributed by atoms with van der Waals surface area (Å²) >= 11 is 0. The van der Waals surface area contributed by atoms with Gasteiger partial charge in [0.1, 0.15) is 12.4 Å². The van der Waals surface area contributed by atoms with E-state index in [1.807, 2.05) is 24.3 Å². The third kappa shape index (κ3) is 2.41. The van der Waals surface area contributed by atoms with Gasteiger partial charge in [-0.15, -0.1) is 0 Å². The molecule has 2 unspecified atom stereocenters. The van der Waals surface area contributed by atoms with Crippen molar-refractivity contribution in [1.82, 2.24) is 0 Å². The maximum atomic E-state index is 13.3. The zero-order valence-electron chi connectivity index (χ0n) is 12.2. The monoisotopic (exact) mass is 309 g/mol. The van der Waals surface area contributed by atoms with E-state index in [2.05, 4.69) is 17.2 Å². The minimum absolute atomic E-state index is 0.137. The van der Waals surface area contributed by atoms with Crippen molar-refractivity contribution < 1.29 is 17.9 Å². The fraction of sp³-hybridized carbons (Fsp3) is 0.529. The first-order valence-corrected chi connectivity index (χ1v) is 7.39. The number of fused-ring (bicyclic) bond motifs is 1. The minimum Gasteiger partial charge on any atom is -0.476 e. The zero-order valence-corrected chi connectivity index (χ0v) is 12.2. The van der Waals surface area contributed by atoms with Crippen LogP contribution in [0.2, 0.25) is 0 Å². The minimum atomic E-state index is -1.25. The number of halogens is 3. The zero-order chi connectivity index (χ0) is 15.6. The number of rotatable bonds is 3. The number of ether oxygens (including phenoxy) is 1. The SMILES string of the molecule is FCC1(C#CC2CCNc3ccccc3O2)CC1(CF)CF. The molecule has 2 atom stereocenters. The molecule has 1 fully saturated rings. The van der Waals surface area contributed by atoms with Gasteiger partial charge in [0.05, 0.1) is 24.5 Å². The molecule has 1 N–H and O–H groups in total. The van der Waals surface area contributed by atoms with Crippen LogP contribution >= 0.6 is 0 Å². The maximum absolute atomic E-state index is 13.3. The summed E-state index contributed by atoms with van der Waals surface area (Å²) < 4.78 is 45.2. The maximum Gasteiger partial charge on any atom is 0.161 e. The van der Waals surface area contributed by atoms with Gasteiger partial charge in [-0.25, -0.2) is 4.39 Å². The second kappa shape index (κ2) is 5.75. The van der Waals surface area contributed by atoms with E-state index < -0.39 is 37.0 Å². The van der Waals surface area contributed by atoms with Gasteiger partial charge in [-0.05, 0) is 18.6 Å². The molecule has 1 aliphatic carbocycles. The van der Waals surface area contributed by atoms with Crippen molar-refractivity contribution in [2.45, 2.75) is 18.9 Å². The number of benzene rings is 1. The molecule has 0 saturated heterocycles. The van der Waals surface area contributed by atoms with Crippen molar-refractivity contribution in [2.24, 2.45) is 10.8 Å². The summed E-state index contributed by atoms with van der Waals surface area (Å²) in [5.41, 5.74) is -1.55. The lowest BCUT2D eigenvalue weighted by atomic mass is 9.96. The molecule has 5 heteroatoms. The topological polar surface area (TPSA) is 21.3 Å². The largest absolute Gasteiger partial charge is 0.476 e. The second-order valence-electron chi connectivity index (χ2n) is 6.03. The summed E-state index contributed by atoms with van der Waals surface area (Å²) in [7, 11) is 0. The number of para-hydroxylation sites is 2. The van der Waals surface area contributed by atoms with Crippen LogP contribution in [-0.2, 0) is 0 Å². The molecule has 0 spiro atoms. The molecule has 1 saturated carbocycles. The normalized spacial score (nSPS) is 28.2. The van der Waals surface area contributed by atoms with E-state index in [-0.39, 0.29) is 6.42 Å². The highest BCUT2D eigenvalue weighted by molar-refractivity contribution is 5.57. The molecule has 0 amide bonds. The number of nitrogens with one attached hydrogen (secondary N) is 1. The summed E-state index contributed by atoms with van der Waals surface area (Å²) in [4.78, 5) is 0. The Morgan fingerprint density at radius 3 is 2.64 bits per heavy atom. The Hall–Kier alpha value is -1.83. The van der Waals surface area contributed by atoms with Crippen molar-refractivity contribution in [3.05, 3.63) is 24.3 Å². The summed E-state index contributed by atoms with van der Waals surface area (Å²) in [6, 6.07) is 7.50. The molecule has 1 heterocycles. The first-order chi connectivity index (χ1) is 10.7. The number of alkyl halides is 3. The molecule has 22 heavy (non-hydrogen) atoms. The van der Waals surface area contributed by atoms with E-state index >= 15 is 0 Å². The molecule has 1 aromatic rings. The smallest absolute Gasteiger partial charge is 0.161 e. The molecule has 3 rings (SSSR count). The average Bonchev–Trinajstić information content (AvgIpc) is 3.27. The Bertz CT molecular complexity index is 605. The van der Waals surface area contributed by atoms with E-state index in [9.17, 15) is 13.2 Å². The fourth-order valence-corrected chi connectivity index (χ4v) is 2.90. The standard InChI is InChI=1S/C17H18F3NO/c18-10-16(9-17(16,11-19)12-20)7-5-13-6-8-21-14-3-1-2-4-15(14)22-13/h1-4,13,21H,6,8-12H2. The molecule has 0 aromatic heterocycles.